The zero-order valence-electron chi connectivity index (χ0n) is 12.4. The van der Waals surface area contributed by atoms with Crippen LogP contribution in [-0.2, 0) is 4.74 Å². The Balaban J connectivity index is 2.07. The third-order valence-electron chi connectivity index (χ3n) is 4.16. The average Bonchev–Trinajstić information content (AvgIpc) is 2.44. The lowest BCUT2D eigenvalue weighted by Gasteiger charge is -2.33. The van der Waals surface area contributed by atoms with Crippen LogP contribution >= 0.6 is 0 Å². The van der Waals surface area contributed by atoms with Crippen LogP contribution < -0.4 is 5.73 Å². The van der Waals surface area contributed by atoms with Gasteiger partial charge in [-0.1, -0.05) is 6.07 Å². The molecule has 0 aromatic heterocycles. The van der Waals surface area contributed by atoms with Gasteiger partial charge in [-0.05, 0) is 56.0 Å². The van der Waals surface area contributed by atoms with E-state index in [2.05, 4.69) is 11.9 Å². The molecule has 112 valence electrons. The van der Waals surface area contributed by atoms with Crippen LogP contribution in [0.25, 0.3) is 0 Å². The molecule has 0 spiro atoms. The van der Waals surface area contributed by atoms with Crippen molar-refractivity contribution in [2.75, 3.05) is 33.4 Å². The van der Waals surface area contributed by atoms with Gasteiger partial charge in [0, 0.05) is 25.7 Å². The molecule has 20 heavy (non-hydrogen) atoms. The van der Waals surface area contributed by atoms with Gasteiger partial charge in [0.05, 0.1) is 6.61 Å². The maximum Gasteiger partial charge on any atom is 0.123 e. The lowest BCUT2D eigenvalue weighted by molar-refractivity contribution is 0.0365. The number of benzene rings is 1. The van der Waals surface area contributed by atoms with Crippen molar-refractivity contribution < 1.29 is 9.13 Å². The molecule has 1 aliphatic rings. The molecule has 1 aliphatic heterocycles. The Hall–Kier alpha value is -0.970. The molecule has 2 atom stereocenters. The normalized spacial score (nSPS) is 21.1. The van der Waals surface area contributed by atoms with Crippen LogP contribution in [0.5, 0.6) is 0 Å². The van der Waals surface area contributed by atoms with Gasteiger partial charge in [-0.25, -0.2) is 4.39 Å². The van der Waals surface area contributed by atoms with Gasteiger partial charge in [0.25, 0.3) is 0 Å². The van der Waals surface area contributed by atoms with Crippen LogP contribution in [0.2, 0.25) is 0 Å². The summed E-state index contributed by atoms with van der Waals surface area (Å²) in [6, 6.07) is 5.00. The van der Waals surface area contributed by atoms with Crippen molar-refractivity contribution in [3.8, 4) is 0 Å². The maximum absolute atomic E-state index is 13.5. The Labute approximate surface area is 120 Å². The monoisotopic (exact) mass is 280 g/mol. The van der Waals surface area contributed by atoms with Crippen molar-refractivity contribution in [2.45, 2.75) is 25.8 Å². The summed E-state index contributed by atoms with van der Waals surface area (Å²) in [7, 11) is 2.07. The van der Waals surface area contributed by atoms with Crippen molar-refractivity contribution in [3.05, 3.63) is 35.1 Å². The molecule has 3 nitrogen and oxygen atoms in total. The van der Waals surface area contributed by atoms with E-state index in [1.807, 2.05) is 13.0 Å². The number of hydrogen-bond acceptors (Lipinski definition) is 3. The second-order valence-electron chi connectivity index (χ2n) is 5.78. The summed E-state index contributed by atoms with van der Waals surface area (Å²) in [5, 5.41) is 0. The first kappa shape index (κ1) is 15.4. The number of rotatable bonds is 5. The minimum Gasteiger partial charge on any atom is -0.381 e. The highest BCUT2D eigenvalue weighted by Gasteiger charge is 2.22. The van der Waals surface area contributed by atoms with E-state index in [9.17, 15) is 4.39 Å². The number of halogens is 1. The molecule has 1 aromatic carbocycles. The van der Waals surface area contributed by atoms with Gasteiger partial charge < -0.3 is 10.5 Å². The van der Waals surface area contributed by atoms with E-state index in [0.29, 0.717) is 12.5 Å². The molecular weight excluding hydrogens is 255 g/mol. The fraction of sp³-hybridized carbons (Fsp3) is 0.625. The zero-order valence-corrected chi connectivity index (χ0v) is 12.4. The molecule has 0 amide bonds. The van der Waals surface area contributed by atoms with Crippen molar-refractivity contribution in [2.24, 2.45) is 11.7 Å². The van der Waals surface area contributed by atoms with E-state index in [1.165, 1.54) is 12.5 Å². The summed E-state index contributed by atoms with van der Waals surface area (Å²) in [6.07, 6.45) is 2.33. The molecule has 2 unspecified atom stereocenters. The van der Waals surface area contributed by atoms with Crippen LogP contribution in [0, 0.1) is 18.7 Å². The van der Waals surface area contributed by atoms with E-state index in [0.717, 1.165) is 37.3 Å². The van der Waals surface area contributed by atoms with E-state index >= 15 is 0 Å². The lowest BCUT2D eigenvalue weighted by atomic mass is 9.97. The standard InChI is InChI=1S/C16H25FN2O/c1-12-5-6-14(17)8-15(12)16(9-18)19(2)10-13-4-3-7-20-11-13/h5-6,8,13,16H,3-4,7,9-11,18H2,1-2H3. The lowest BCUT2D eigenvalue weighted by Crippen LogP contribution is -2.37. The SMILES string of the molecule is Cc1ccc(F)cc1C(CN)N(C)CC1CCCOC1. The van der Waals surface area contributed by atoms with Crippen molar-refractivity contribution in [1.82, 2.24) is 4.90 Å². The molecule has 0 radical (unpaired) electrons. The van der Waals surface area contributed by atoms with Crippen LogP contribution in [0.3, 0.4) is 0 Å². The predicted molar refractivity (Wildman–Crippen MR) is 79.1 cm³/mol. The highest BCUT2D eigenvalue weighted by Crippen LogP contribution is 2.25. The predicted octanol–water partition coefficient (Wildman–Crippen LogP) is 2.49. The molecule has 4 heteroatoms. The van der Waals surface area contributed by atoms with Gasteiger partial charge in [-0.15, -0.1) is 0 Å². The Morgan fingerprint density at radius 2 is 2.30 bits per heavy atom. The smallest absolute Gasteiger partial charge is 0.123 e. The van der Waals surface area contributed by atoms with Gasteiger partial charge in [-0.3, -0.25) is 4.90 Å². The summed E-state index contributed by atoms with van der Waals surface area (Å²) < 4.78 is 19.0. The molecule has 1 saturated heterocycles. The summed E-state index contributed by atoms with van der Waals surface area (Å²) in [5.41, 5.74) is 8.02. The number of hydrogen-bond donors (Lipinski definition) is 1. The molecule has 2 rings (SSSR count). The minimum atomic E-state index is -0.196. The van der Waals surface area contributed by atoms with E-state index < -0.39 is 0 Å². The van der Waals surface area contributed by atoms with Gasteiger partial charge in [0.2, 0.25) is 0 Å². The van der Waals surface area contributed by atoms with Crippen molar-refractivity contribution in [1.29, 1.82) is 0 Å². The fourth-order valence-electron chi connectivity index (χ4n) is 3.00. The first-order valence-electron chi connectivity index (χ1n) is 7.36. The summed E-state index contributed by atoms with van der Waals surface area (Å²) in [4.78, 5) is 2.24. The Morgan fingerprint density at radius 1 is 1.50 bits per heavy atom. The molecule has 0 aliphatic carbocycles. The number of ether oxygens (including phenoxy) is 1. The number of nitrogens with zero attached hydrogens (tertiary/aromatic N) is 1. The van der Waals surface area contributed by atoms with Crippen LogP contribution in [-0.4, -0.2) is 38.3 Å². The van der Waals surface area contributed by atoms with Crippen LogP contribution in [0.4, 0.5) is 4.39 Å². The molecule has 1 aromatic rings. The first-order chi connectivity index (χ1) is 9.61. The molecule has 1 fully saturated rings. The first-order valence-corrected chi connectivity index (χ1v) is 7.36. The van der Waals surface area contributed by atoms with Gasteiger partial charge in [0.15, 0.2) is 0 Å². The Kier molecular flexibility index (Phi) is 5.52. The maximum atomic E-state index is 13.5. The van der Waals surface area contributed by atoms with E-state index in [-0.39, 0.29) is 11.9 Å². The fourth-order valence-corrected chi connectivity index (χ4v) is 3.00. The highest BCUT2D eigenvalue weighted by atomic mass is 19.1. The summed E-state index contributed by atoms with van der Waals surface area (Å²) >= 11 is 0. The second kappa shape index (κ2) is 7.16. The summed E-state index contributed by atoms with van der Waals surface area (Å²) in [5.74, 6) is 0.357. The molecule has 0 saturated carbocycles. The molecular formula is C16H25FN2O. The molecule has 2 N–H and O–H groups in total. The Morgan fingerprint density at radius 3 is 2.95 bits per heavy atom. The summed E-state index contributed by atoms with van der Waals surface area (Å²) in [6.45, 7) is 5.15. The third-order valence-corrected chi connectivity index (χ3v) is 4.16. The van der Waals surface area contributed by atoms with Crippen molar-refractivity contribution >= 4 is 0 Å². The highest BCUT2D eigenvalue weighted by molar-refractivity contribution is 5.30. The number of aryl methyl sites for hydroxylation is 1. The minimum absolute atomic E-state index is 0.0626. The largest absolute Gasteiger partial charge is 0.381 e. The molecule has 0 bridgehead atoms. The van der Waals surface area contributed by atoms with E-state index in [4.69, 9.17) is 10.5 Å². The van der Waals surface area contributed by atoms with Crippen LogP contribution in [0.15, 0.2) is 18.2 Å². The second-order valence-corrected chi connectivity index (χ2v) is 5.78. The van der Waals surface area contributed by atoms with E-state index in [1.54, 1.807) is 6.07 Å². The van der Waals surface area contributed by atoms with Gasteiger partial charge >= 0.3 is 0 Å². The van der Waals surface area contributed by atoms with Gasteiger partial charge in [-0.2, -0.15) is 0 Å². The Bertz CT molecular complexity index is 432. The number of nitrogens with two attached hydrogens (primary N) is 1. The van der Waals surface area contributed by atoms with Crippen LogP contribution in [0.1, 0.15) is 30.0 Å². The van der Waals surface area contributed by atoms with Gasteiger partial charge in [0.1, 0.15) is 5.82 Å². The third kappa shape index (κ3) is 3.78. The zero-order chi connectivity index (χ0) is 14.5. The average molecular weight is 280 g/mol. The molecule has 1 heterocycles. The number of likely N-dealkylation sites (N-methyl/N-ethyl adjacent to an activating group) is 1. The topological polar surface area (TPSA) is 38.5 Å². The van der Waals surface area contributed by atoms with Crippen molar-refractivity contribution in [3.63, 3.8) is 0 Å². The quantitative estimate of drug-likeness (QED) is 0.900.